The molecule has 3 aliphatic rings. The molecule has 216 valence electrons. The van der Waals surface area contributed by atoms with Gasteiger partial charge in [0.1, 0.15) is 5.75 Å². The molecule has 0 aliphatic heterocycles. The Bertz CT molecular complexity index is 1480. The van der Waals surface area contributed by atoms with E-state index in [-0.39, 0.29) is 24.2 Å². The molecular weight excluding hydrogens is 526 g/mol. The van der Waals surface area contributed by atoms with Crippen molar-refractivity contribution in [2.45, 2.75) is 38.0 Å². The Morgan fingerprint density at radius 2 is 1.78 bits per heavy atom. The average molecular weight is 562 g/mol. The van der Waals surface area contributed by atoms with Gasteiger partial charge in [-0.25, -0.2) is 0 Å². The molecule has 10 heteroatoms. The molecule has 1 amide bonds. The number of aliphatic hydroxyl groups is 1. The fourth-order valence-electron chi connectivity index (χ4n) is 7.14. The van der Waals surface area contributed by atoms with Crippen LogP contribution in [0.2, 0.25) is 0 Å². The van der Waals surface area contributed by atoms with Gasteiger partial charge in [0.15, 0.2) is 34.7 Å². The maximum Gasteiger partial charge on any atom is 0.235 e. The van der Waals surface area contributed by atoms with Gasteiger partial charge >= 0.3 is 0 Å². The van der Waals surface area contributed by atoms with E-state index < -0.39 is 64.4 Å². The van der Waals surface area contributed by atoms with Gasteiger partial charge in [0, 0.05) is 12.5 Å². The van der Waals surface area contributed by atoms with Gasteiger partial charge in [0.25, 0.3) is 0 Å². The molecule has 0 heterocycles. The number of rotatable bonds is 6. The van der Waals surface area contributed by atoms with E-state index in [1.165, 1.54) is 11.0 Å². The highest BCUT2D eigenvalue weighted by Gasteiger charge is 2.69. The van der Waals surface area contributed by atoms with Crippen molar-refractivity contribution in [3.63, 3.8) is 0 Å². The molecule has 4 N–H and O–H groups in total. The molecule has 0 aromatic heterocycles. The molecule has 2 saturated carbocycles. The van der Waals surface area contributed by atoms with Gasteiger partial charge < -0.3 is 20.8 Å². The molecule has 2 aromatic rings. The van der Waals surface area contributed by atoms with Gasteiger partial charge in [-0.2, -0.15) is 0 Å². The number of Topliss-reactive ketones (excluding diaryl/α,β-unsaturated/α-hetero) is 4. The third kappa shape index (κ3) is 4.32. The van der Waals surface area contributed by atoms with Crippen molar-refractivity contribution in [2.75, 3.05) is 27.7 Å². The van der Waals surface area contributed by atoms with Crippen LogP contribution < -0.4 is 5.73 Å². The predicted octanol–water partition coefficient (Wildman–Crippen LogP) is 0.986. The van der Waals surface area contributed by atoms with E-state index in [4.69, 9.17) is 5.73 Å². The maximum absolute atomic E-state index is 14.0. The summed E-state index contributed by atoms with van der Waals surface area (Å²) in [6.45, 7) is 3.66. The fourth-order valence-corrected chi connectivity index (χ4v) is 7.14. The number of phenolic OH excluding ortho intramolecular Hbond substituents is 1. The molecule has 0 radical (unpaired) electrons. The molecule has 5 rings (SSSR count). The average Bonchev–Trinajstić information content (AvgIpc) is 2.90. The Hall–Kier alpha value is -3.73. The fraction of sp³-hybridized carbons (Fsp3) is 0.452. The molecule has 6 atom stereocenters. The number of nitrogens with two attached hydrogens (primary N) is 1. The monoisotopic (exact) mass is 561 g/mol. The first-order valence-corrected chi connectivity index (χ1v) is 13.8. The standard InChI is InChI=1S/C31H35N3O7/c1-5-34(4)14-15-7-6-8-16(11-15)18-9-10-21(35)23-19(18)12-17-13-20-25(33(2)3)27(37)24(30(32)40)29(39)31(20,41)28(38)22(17)26(23)36/h6-11,17,20,22,24-25,35,41H,5,12-14H2,1-4H3,(H2,32,40)/t17-,20-,22?,24?,25-,31-/m0/s1. The van der Waals surface area contributed by atoms with Crippen LogP contribution in [0, 0.1) is 23.7 Å². The highest BCUT2D eigenvalue weighted by Crippen LogP contribution is 2.51. The normalized spacial score (nSPS) is 29.4. The van der Waals surface area contributed by atoms with E-state index in [2.05, 4.69) is 11.8 Å². The summed E-state index contributed by atoms with van der Waals surface area (Å²) in [7, 11) is 5.14. The van der Waals surface area contributed by atoms with Crippen LogP contribution in [-0.4, -0.2) is 88.4 Å². The van der Waals surface area contributed by atoms with Gasteiger partial charge in [-0.3, -0.25) is 28.9 Å². The lowest BCUT2D eigenvalue weighted by molar-refractivity contribution is -0.181. The van der Waals surface area contributed by atoms with Crippen LogP contribution in [-0.2, 0) is 32.1 Å². The Balaban J connectivity index is 1.61. The Labute approximate surface area is 238 Å². The molecule has 2 unspecified atom stereocenters. The number of nitrogens with zero attached hydrogens (tertiary/aromatic N) is 2. The summed E-state index contributed by atoms with van der Waals surface area (Å²) in [5, 5.41) is 22.5. The van der Waals surface area contributed by atoms with Crippen molar-refractivity contribution < 1.29 is 34.2 Å². The largest absolute Gasteiger partial charge is 0.507 e. The highest BCUT2D eigenvalue weighted by molar-refractivity contribution is 6.32. The molecule has 0 saturated heterocycles. The topological polar surface area (TPSA) is 158 Å². The second-order valence-electron chi connectivity index (χ2n) is 11.8. The SMILES string of the molecule is CCN(C)Cc1cccc(-c2ccc(O)c3c2C[C@H]2C[C@H]4[C@H](N(C)C)C(=O)C(C(N)=O)C(=O)[C@@]4(O)C(=O)C2C3=O)c1. The number of fused-ring (bicyclic) bond motifs is 3. The zero-order chi connectivity index (χ0) is 30.0. The molecular formula is C31H35N3O7. The minimum absolute atomic E-state index is 0.00910. The number of hydrogen-bond donors (Lipinski definition) is 3. The first kappa shape index (κ1) is 28.8. The van der Waals surface area contributed by atoms with Gasteiger partial charge in [-0.05, 0) is 80.8 Å². The lowest BCUT2D eigenvalue weighted by atomic mass is 9.52. The van der Waals surface area contributed by atoms with Gasteiger partial charge in [-0.1, -0.05) is 31.2 Å². The second-order valence-corrected chi connectivity index (χ2v) is 11.8. The quantitative estimate of drug-likeness (QED) is 0.437. The maximum atomic E-state index is 14.0. The number of primary amides is 1. The Kier molecular flexibility index (Phi) is 7.21. The van der Waals surface area contributed by atoms with Crippen molar-refractivity contribution in [1.82, 2.24) is 9.80 Å². The summed E-state index contributed by atoms with van der Waals surface area (Å²) in [5.74, 6) is -10.5. The number of ketones is 4. The number of hydrogen-bond acceptors (Lipinski definition) is 9. The Morgan fingerprint density at radius 3 is 2.41 bits per heavy atom. The third-order valence-corrected chi connectivity index (χ3v) is 9.18. The Morgan fingerprint density at radius 1 is 1.07 bits per heavy atom. The minimum Gasteiger partial charge on any atom is -0.507 e. The second kappa shape index (κ2) is 10.3. The van der Waals surface area contributed by atoms with Gasteiger partial charge in [-0.15, -0.1) is 0 Å². The zero-order valence-electron chi connectivity index (χ0n) is 23.6. The van der Waals surface area contributed by atoms with Crippen LogP contribution >= 0.6 is 0 Å². The van der Waals surface area contributed by atoms with E-state index in [1.54, 1.807) is 20.2 Å². The first-order valence-electron chi connectivity index (χ1n) is 13.8. The van der Waals surface area contributed by atoms with Crippen molar-refractivity contribution in [1.29, 1.82) is 0 Å². The van der Waals surface area contributed by atoms with Crippen LogP contribution in [0.4, 0.5) is 0 Å². The minimum atomic E-state index is -2.73. The van der Waals surface area contributed by atoms with Crippen LogP contribution in [0.1, 0.15) is 34.8 Å². The summed E-state index contributed by atoms with van der Waals surface area (Å²) < 4.78 is 0. The van der Waals surface area contributed by atoms with Crippen LogP contribution in [0.25, 0.3) is 11.1 Å². The van der Waals surface area contributed by atoms with Crippen LogP contribution in [0.5, 0.6) is 5.75 Å². The highest BCUT2D eigenvalue weighted by atomic mass is 16.3. The summed E-state index contributed by atoms with van der Waals surface area (Å²) in [6, 6.07) is 9.94. The first-order chi connectivity index (χ1) is 19.3. The van der Waals surface area contributed by atoms with E-state index in [9.17, 15) is 34.2 Å². The number of phenols is 1. The lowest BCUT2D eigenvalue weighted by Crippen LogP contribution is -2.74. The van der Waals surface area contributed by atoms with Crippen LogP contribution in [0.3, 0.4) is 0 Å². The number of aromatic hydroxyl groups is 1. The smallest absolute Gasteiger partial charge is 0.235 e. The number of benzene rings is 2. The molecule has 2 fully saturated rings. The summed E-state index contributed by atoms with van der Waals surface area (Å²) in [5.41, 5.74) is 5.88. The summed E-state index contributed by atoms with van der Waals surface area (Å²) in [4.78, 5) is 70.4. The van der Waals surface area contributed by atoms with E-state index in [0.717, 1.165) is 29.8 Å². The summed E-state index contributed by atoms with van der Waals surface area (Å²) >= 11 is 0. The number of likely N-dealkylation sites (N-methyl/N-ethyl adjacent to an activating group) is 1. The molecule has 2 aromatic carbocycles. The number of carbonyl (C=O) groups excluding carboxylic acids is 5. The molecule has 41 heavy (non-hydrogen) atoms. The van der Waals surface area contributed by atoms with Crippen molar-refractivity contribution in [3.8, 4) is 16.9 Å². The zero-order valence-corrected chi connectivity index (χ0v) is 23.6. The van der Waals surface area contributed by atoms with Crippen molar-refractivity contribution >= 4 is 29.0 Å². The lowest BCUT2D eigenvalue weighted by Gasteiger charge is -2.52. The van der Waals surface area contributed by atoms with Crippen molar-refractivity contribution in [2.24, 2.45) is 29.4 Å². The van der Waals surface area contributed by atoms with Crippen molar-refractivity contribution in [3.05, 3.63) is 53.1 Å². The molecule has 3 aliphatic carbocycles. The number of carbonyl (C=O) groups is 5. The molecule has 0 spiro atoms. The summed E-state index contributed by atoms with van der Waals surface area (Å²) in [6.07, 6.45) is 0.231. The van der Waals surface area contributed by atoms with E-state index >= 15 is 0 Å². The number of amides is 1. The van der Waals surface area contributed by atoms with Crippen LogP contribution in [0.15, 0.2) is 36.4 Å². The molecule has 0 bridgehead atoms. The van der Waals surface area contributed by atoms with Gasteiger partial charge in [0.05, 0.1) is 17.5 Å². The van der Waals surface area contributed by atoms with E-state index in [1.807, 2.05) is 31.3 Å². The van der Waals surface area contributed by atoms with E-state index in [0.29, 0.717) is 5.56 Å². The third-order valence-electron chi connectivity index (χ3n) is 9.18. The predicted molar refractivity (Wildman–Crippen MR) is 149 cm³/mol. The molecule has 10 nitrogen and oxygen atoms in total. The van der Waals surface area contributed by atoms with Gasteiger partial charge in [0.2, 0.25) is 5.91 Å².